The van der Waals surface area contributed by atoms with Gasteiger partial charge in [0.2, 0.25) is 11.8 Å². The lowest BCUT2D eigenvalue weighted by atomic mass is 10.1. The van der Waals surface area contributed by atoms with E-state index in [-0.39, 0.29) is 28.1 Å². The van der Waals surface area contributed by atoms with Crippen molar-refractivity contribution >= 4 is 62.3 Å². The van der Waals surface area contributed by atoms with Gasteiger partial charge in [0, 0.05) is 23.1 Å². The predicted molar refractivity (Wildman–Crippen MR) is 162 cm³/mol. The molecule has 3 aromatic rings. The number of amides is 2. The van der Waals surface area contributed by atoms with Crippen LogP contribution in [0, 0.1) is 6.92 Å². The lowest BCUT2D eigenvalue weighted by Gasteiger charge is -2.32. The topological polar surface area (TPSA) is 86.8 Å². The zero-order valence-corrected chi connectivity index (χ0v) is 25.6. The summed E-state index contributed by atoms with van der Waals surface area (Å²) in [7, 11) is -4.21. The summed E-state index contributed by atoms with van der Waals surface area (Å²) in [5.41, 5.74) is 1.58. The van der Waals surface area contributed by atoms with Crippen LogP contribution in [-0.2, 0) is 26.2 Å². The molecule has 0 bridgehead atoms. The SMILES string of the molecule is CCCCNC(=O)[C@H](C)N(Cc1ccc(Cl)cc1Cl)C(=O)CN(c1ccccc1Cl)S(=O)(=O)c1ccc(C)cc1. The number of benzene rings is 3. The lowest BCUT2D eigenvalue weighted by Crippen LogP contribution is -2.51. The van der Waals surface area contributed by atoms with E-state index in [4.69, 9.17) is 34.8 Å². The Morgan fingerprint density at radius 1 is 0.950 bits per heavy atom. The van der Waals surface area contributed by atoms with E-state index in [1.165, 1.54) is 23.1 Å². The zero-order valence-electron chi connectivity index (χ0n) is 22.5. The second kappa shape index (κ2) is 14.2. The van der Waals surface area contributed by atoms with Crippen LogP contribution in [0.4, 0.5) is 5.69 Å². The third-order valence-corrected chi connectivity index (χ3v) is 9.04. The highest BCUT2D eigenvalue weighted by atomic mass is 35.5. The van der Waals surface area contributed by atoms with Gasteiger partial charge in [0.25, 0.3) is 10.0 Å². The van der Waals surface area contributed by atoms with Crippen LogP contribution in [0.15, 0.2) is 71.6 Å². The minimum Gasteiger partial charge on any atom is -0.354 e. The fourth-order valence-corrected chi connectivity index (χ4v) is 6.15. The number of unbranched alkanes of at least 4 members (excludes halogenated alkanes) is 1. The number of hydrogen-bond acceptors (Lipinski definition) is 4. The number of nitrogens with zero attached hydrogens (tertiary/aromatic N) is 2. The van der Waals surface area contributed by atoms with Gasteiger partial charge in [-0.05, 0) is 62.2 Å². The summed E-state index contributed by atoms with van der Waals surface area (Å²) >= 11 is 18.9. The number of hydrogen-bond donors (Lipinski definition) is 1. The number of anilines is 1. The third kappa shape index (κ3) is 7.91. The molecule has 1 N–H and O–H groups in total. The average molecular weight is 625 g/mol. The number of carbonyl (C=O) groups excluding carboxylic acids is 2. The Kier molecular flexibility index (Phi) is 11.3. The van der Waals surface area contributed by atoms with Gasteiger partial charge in [-0.1, -0.05) is 84.0 Å². The van der Waals surface area contributed by atoms with Gasteiger partial charge in [-0.2, -0.15) is 0 Å². The molecule has 3 aromatic carbocycles. The lowest BCUT2D eigenvalue weighted by molar-refractivity contribution is -0.139. The highest BCUT2D eigenvalue weighted by molar-refractivity contribution is 7.92. The largest absolute Gasteiger partial charge is 0.354 e. The van der Waals surface area contributed by atoms with Gasteiger partial charge in [-0.15, -0.1) is 0 Å². The van der Waals surface area contributed by atoms with Crippen molar-refractivity contribution in [1.82, 2.24) is 10.2 Å². The first kappa shape index (κ1) is 31.7. The molecular formula is C29H32Cl3N3O4S. The fraction of sp³-hybridized carbons (Fsp3) is 0.310. The Hall–Kier alpha value is -2.78. The number of rotatable bonds is 12. The van der Waals surface area contributed by atoms with Crippen molar-refractivity contribution in [3.8, 4) is 0 Å². The first-order valence-electron chi connectivity index (χ1n) is 12.8. The Labute approximate surface area is 251 Å². The maximum atomic E-state index is 14.0. The number of aryl methyl sites for hydroxylation is 1. The summed E-state index contributed by atoms with van der Waals surface area (Å²) in [5.74, 6) is -0.975. The second-order valence-corrected chi connectivity index (χ2v) is 12.5. The summed E-state index contributed by atoms with van der Waals surface area (Å²) in [6, 6.07) is 16.6. The molecule has 0 saturated carbocycles. The second-order valence-electron chi connectivity index (χ2n) is 9.35. The van der Waals surface area contributed by atoms with Gasteiger partial charge in [-0.25, -0.2) is 8.42 Å². The highest BCUT2D eigenvalue weighted by Crippen LogP contribution is 2.31. The normalized spacial score (nSPS) is 12.1. The molecule has 0 unspecified atom stereocenters. The van der Waals surface area contributed by atoms with Gasteiger partial charge in [0.15, 0.2) is 0 Å². The smallest absolute Gasteiger partial charge is 0.264 e. The van der Waals surface area contributed by atoms with Crippen LogP contribution in [0.1, 0.15) is 37.8 Å². The minimum absolute atomic E-state index is 0.00322. The van der Waals surface area contributed by atoms with Gasteiger partial charge in [0.05, 0.1) is 15.6 Å². The first-order valence-corrected chi connectivity index (χ1v) is 15.4. The van der Waals surface area contributed by atoms with Crippen LogP contribution in [0.3, 0.4) is 0 Å². The third-order valence-electron chi connectivity index (χ3n) is 6.36. The molecule has 11 heteroatoms. The van der Waals surface area contributed by atoms with Crippen molar-refractivity contribution in [2.75, 3.05) is 17.4 Å². The predicted octanol–water partition coefficient (Wildman–Crippen LogP) is 6.48. The quantitative estimate of drug-likeness (QED) is 0.234. The molecule has 7 nitrogen and oxygen atoms in total. The number of halogens is 3. The summed E-state index contributed by atoms with van der Waals surface area (Å²) in [6.45, 7) is 5.26. The molecule has 0 radical (unpaired) electrons. The van der Waals surface area contributed by atoms with E-state index < -0.39 is 28.5 Å². The molecule has 0 heterocycles. The summed E-state index contributed by atoms with van der Waals surface area (Å²) in [5, 5.41) is 3.74. The monoisotopic (exact) mass is 623 g/mol. The van der Waals surface area contributed by atoms with Crippen molar-refractivity contribution in [2.24, 2.45) is 0 Å². The average Bonchev–Trinajstić information content (AvgIpc) is 2.91. The van der Waals surface area contributed by atoms with E-state index in [0.29, 0.717) is 22.2 Å². The van der Waals surface area contributed by atoms with E-state index in [2.05, 4.69) is 5.32 Å². The Bertz CT molecular complexity index is 1450. The van der Waals surface area contributed by atoms with Crippen LogP contribution in [-0.4, -0.2) is 44.3 Å². The first-order chi connectivity index (χ1) is 18.9. The number of sulfonamides is 1. The van der Waals surface area contributed by atoms with Gasteiger partial charge in [0.1, 0.15) is 12.6 Å². The van der Waals surface area contributed by atoms with Gasteiger partial charge < -0.3 is 10.2 Å². The molecule has 0 aromatic heterocycles. The van der Waals surface area contributed by atoms with E-state index in [0.717, 1.165) is 22.7 Å². The molecule has 0 spiro atoms. The summed E-state index contributed by atoms with van der Waals surface area (Å²) < 4.78 is 28.7. The van der Waals surface area contributed by atoms with E-state index in [1.807, 2.05) is 13.8 Å². The van der Waals surface area contributed by atoms with Crippen LogP contribution in [0.5, 0.6) is 0 Å². The standard InChI is InChI=1S/C29H32Cl3N3O4S/c1-4-5-16-33-29(37)21(3)34(18-22-12-13-23(30)17-26(22)32)28(36)19-35(27-9-7-6-8-25(27)31)40(38,39)24-14-10-20(2)11-15-24/h6-15,17,21H,4-5,16,18-19H2,1-3H3,(H,33,37)/t21-/m0/s1. The Morgan fingerprint density at radius 3 is 2.25 bits per heavy atom. The molecule has 0 aliphatic rings. The van der Waals surface area contributed by atoms with Crippen LogP contribution < -0.4 is 9.62 Å². The maximum Gasteiger partial charge on any atom is 0.264 e. The maximum absolute atomic E-state index is 14.0. The van der Waals surface area contributed by atoms with E-state index in [1.54, 1.807) is 55.5 Å². The zero-order chi connectivity index (χ0) is 29.4. The van der Waals surface area contributed by atoms with Crippen molar-refractivity contribution < 1.29 is 18.0 Å². The molecule has 40 heavy (non-hydrogen) atoms. The summed E-state index contributed by atoms with van der Waals surface area (Å²) in [6.07, 6.45) is 1.67. The van der Waals surface area contributed by atoms with Crippen molar-refractivity contribution in [3.05, 3.63) is 92.9 Å². The van der Waals surface area contributed by atoms with Crippen molar-refractivity contribution in [3.63, 3.8) is 0 Å². The molecule has 0 aliphatic carbocycles. The van der Waals surface area contributed by atoms with Crippen LogP contribution in [0.25, 0.3) is 0 Å². The fourth-order valence-electron chi connectivity index (χ4n) is 3.96. The number of carbonyl (C=O) groups is 2. The van der Waals surface area contributed by atoms with Crippen molar-refractivity contribution in [1.29, 1.82) is 0 Å². The number of nitrogens with one attached hydrogen (secondary N) is 1. The molecule has 214 valence electrons. The molecular weight excluding hydrogens is 593 g/mol. The van der Waals surface area contributed by atoms with Crippen LogP contribution in [0.2, 0.25) is 15.1 Å². The minimum atomic E-state index is -4.21. The molecule has 1 atom stereocenters. The molecule has 2 amide bonds. The molecule has 3 rings (SSSR count). The Balaban J connectivity index is 2.03. The van der Waals surface area contributed by atoms with E-state index in [9.17, 15) is 18.0 Å². The highest BCUT2D eigenvalue weighted by Gasteiger charge is 2.33. The van der Waals surface area contributed by atoms with Gasteiger partial charge in [-0.3, -0.25) is 13.9 Å². The molecule has 0 fully saturated rings. The molecule has 0 saturated heterocycles. The Morgan fingerprint density at radius 2 is 1.62 bits per heavy atom. The molecule has 0 aliphatic heterocycles. The summed E-state index contributed by atoms with van der Waals surface area (Å²) in [4.78, 5) is 28.3. The van der Waals surface area contributed by atoms with Crippen molar-refractivity contribution in [2.45, 2.75) is 51.1 Å². The van der Waals surface area contributed by atoms with Gasteiger partial charge >= 0.3 is 0 Å². The van der Waals surface area contributed by atoms with E-state index >= 15 is 0 Å². The number of para-hydroxylation sites is 1. The van der Waals surface area contributed by atoms with Crippen LogP contribution >= 0.6 is 34.8 Å².